The van der Waals surface area contributed by atoms with Crippen LogP contribution in [0, 0.1) is 0 Å². The highest BCUT2D eigenvalue weighted by atomic mass is 35.5. The summed E-state index contributed by atoms with van der Waals surface area (Å²) >= 11 is 19.2. The fourth-order valence-electron chi connectivity index (χ4n) is 3.87. The first-order valence-corrected chi connectivity index (χ1v) is 20.2. The van der Waals surface area contributed by atoms with Crippen LogP contribution in [0.1, 0.15) is 33.3 Å². The second-order valence-corrected chi connectivity index (χ2v) is 17.7. The number of hydrogen-bond acceptors (Lipinski definition) is 11. The van der Waals surface area contributed by atoms with E-state index in [1.165, 1.54) is 11.4 Å². The number of benzene rings is 3. The van der Waals surface area contributed by atoms with Gasteiger partial charge in [0.2, 0.25) is 5.16 Å². The maximum Gasteiger partial charge on any atom is 0.380 e. The number of fused-ring (bicyclic) bond motifs is 1. The Hall–Kier alpha value is -1.69. The number of aromatic nitrogens is 3. The Morgan fingerprint density at radius 2 is 1.50 bits per heavy atom. The van der Waals surface area contributed by atoms with E-state index in [9.17, 15) is 0 Å². The highest BCUT2D eigenvalue weighted by Gasteiger charge is 2.27. The molecule has 0 saturated carbocycles. The molecule has 4 rings (SSSR count). The number of halogens is 1. The van der Waals surface area contributed by atoms with Gasteiger partial charge in [-0.2, -0.15) is 9.78 Å². The lowest BCUT2D eigenvalue weighted by Gasteiger charge is -2.22. The van der Waals surface area contributed by atoms with Crippen LogP contribution >= 0.6 is 35.4 Å². The van der Waals surface area contributed by atoms with Crippen LogP contribution in [0.4, 0.5) is 0 Å². The Kier molecular flexibility index (Phi) is 12.1. The molecule has 9 nitrogen and oxygen atoms in total. The molecule has 3 aromatic carbocycles. The number of rotatable bonds is 15. The van der Waals surface area contributed by atoms with E-state index in [2.05, 4.69) is 10.2 Å². The minimum atomic E-state index is -3.07. The molecule has 0 unspecified atom stereocenters. The van der Waals surface area contributed by atoms with Crippen LogP contribution in [0.25, 0.3) is 22.2 Å². The molecular formula is C27H31ClN4O5P2S3. The quantitative estimate of drug-likeness (QED) is 0.0895. The standard InChI is InChI=1S/C27H31ClN4O5P2S3/c1-5-33-38(40,34-6-2)37-25-18-17-20-13-9-10-14-21(20)23(25)19-29-32-26(22-15-11-12-16-24(22)28)30-31-27(32)42-39(41,35-7-3)36-8-4/h9-19H,5-8H2,1-4H3/b29-19+. The highest BCUT2D eigenvalue weighted by molar-refractivity contribution is 8.67. The topological polar surface area (TPSA) is 89.2 Å². The van der Waals surface area contributed by atoms with E-state index >= 15 is 0 Å². The number of nitrogens with zero attached hydrogens (tertiary/aromatic N) is 4. The van der Waals surface area contributed by atoms with Crippen molar-refractivity contribution in [3.05, 3.63) is 71.2 Å². The summed E-state index contributed by atoms with van der Waals surface area (Å²) in [7, 11) is 0. The van der Waals surface area contributed by atoms with E-state index in [4.69, 9.17) is 62.9 Å². The molecule has 4 aromatic rings. The van der Waals surface area contributed by atoms with E-state index in [0.717, 1.165) is 10.8 Å². The van der Waals surface area contributed by atoms with Gasteiger partial charge in [-0.25, -0.2) is 0 Å². The lowest BCUT2D eigenvalue weighted by atomic mass is 10.0. The molecule has 0 saturated heterocycles. The smallest absolute Gasteiger partial charge is 0.380 e. The second kappa shape index (κ2) is 15.3. The van der Waals surface area contributed by atoms with Crippen molar-refractivity contribution in [3.63, 3.8) is 0 Å². The van der Waals surface area contributed by atoms with Crippen LogP contribution in [0.5, 0.6) is 5.75 Å². The van der Waals surface area contributed by atoms with Crippen molar-refractivity contribution in [1.29, 1.82) is 0 Å². The van der Waals surface area contributed by atoms with Crippen LogP contribution in [-0.2, 0) is 41.7 Å². The van der Waals surface area contributed by atoms with Crippen molar-refractivity contribution in [2.75, 3.05) is 26.4 Å². The zero-order valence-corrected chi connectivity index (χ0v) is 28.5. The molecule has 1 aromatic heterocycles. The molecular weight excluding hydrogens is 654 g/mol. The fraction of sp³-hybridized carbons (Fsp3) is 0.296. The van der Waals surface area contributed by atoms with E-state index in [0.29, 0.717) is 59.3 Å². The molecule has 0 spiro atoms. The molecule has 0 aliphatic carbocycles. The van der Waals surface area contributed by atoms with Gasteiger partial charge in [0, 0.05) is 34.3 Å². The third-order valence-corrected chi connectivity index (χ3v) is 13.2. The summed E-state index contributed by atoms with van der Waals surface area (Å²) in [6.07, 6.45) is 1.67. The first kappa shape index (κ1) is 33.2. The van der Waals surface area contributed by atoms with Gasteiger partial charge in [-0.1, -0.05) is 54.1 Å². The van der Waals surface area contributed by atoms with Crippen molar-refractivity contribution in [1.82, 2.24) is 14.9 Å². The Balaban J connectivity index is 1.88. The maximum absolute atomic E-state index is 6.57. The molecule has 0 aliphatic heterocycles. The molecule has 0 bridgehead atoms. The summed E-state index contributed by atoms with van der Waals surface area (Å²) in [6.45, 7) is 5.84. The van der Waals surface area contributed by atoms with Gasteiger partial charge in [0.25, 0.3) is 5.69 Å². The number of hydrogen-bond donors (Lipinski definition) is 0. The van der Waals surface area contributed by atoms with Gasteiger partial charge in [0.1, 0.15) is 5.75 Å². The highest BCUT2D eigenvalue weighted by Crippen LogP contribution is 2.63. The summed E-state index contributed by atoms with van der Waals surface area (Å²) in [5.74, 6) is 0.892. The van der Waals surface area contributed by atoms with Gasteiger partial charge in [0.15, 0.2) is 5.82 Å². The van der Waals surface area contributed by atoms with E-state index < -0.39 is 12.4 Å². The summed E-state index contributed by atoms with van der Waals surface area (Å²) in [6, 6.07) is 19.0. The first-order valence-electron chi connectivity index (χ1n) is 13.2. The summed E-state index contributed by atoms with van der Waals surface area (Å²) < 4.78 is 31.1. The van der Waals surface area contributed by atoms with Crippen molar-refractivity contribution in [3.8, 4) is 17.1 Å². The van der Waals surface area contributed by atoms with Gasteiger partial charge in [-0.15, -0.1) is 10.2 Å². The van der Waals surface area contributed by atoms with E-state index in [1.54, 1.807) is 17.0 Å². The predicted molar refractivity (Wildman–Crippen MR) is 179 cm³/mol. The fourth-order valence-corrected chi connectivity index (χ4v) is 10.6. The van der Waals surface area contributed by atoms with Crippen molar-refractivity contribution >= 4 is 76.0 Å². The summed E-state index contributed by atoms with van der Waals surface area (Å²) in [5.41, 5.74) is -1.47. The van der Waals surface area contributed by atoms with Gasteiger partial charge in [-0.05, 0) is 68.5 Å². The van der Waals surface area contributed by atoms with Crippen molar-refractivity contribution < 1.29 is 22.6 Å². The van der Waals surface area contributed by atoms with Crippen LogP contribution in [-0.4, -0.2) is 47.5 Å². The molecule has 0 amide bonds. The van der Waals surface area contributed by atoms with Crippen LogP contribution in [0.2, 0.25) is 5.02 Å². The molecule has 1 heterocycles. The molecule has 0 aliphatic rings. The zero-order chi connectivity index (χ0) is 30.2. The van der Waals surface area contributed by atoms with E-state index in [-0.39, 0.29) is 0 Å². The molecule has 0 N–H and O–H groups in total. The van der Waals surface area contributed by atoms with Gasteiger partial charge in [0.05, 0.1) is 37.7 Å². The van der Waals surface area contributed by atoms with Gasteiger partial charge >= 0.3 is 6.72 Å². The Morgan fingerprint density at radius 1 is 0.857 bits per heavy atom. The molecule has 0 fully saturated rings. The normalized spacial score (nSPS) is 12.4. The summed E-state index contributed by atoms with van der Waals surface area (Å²) in [4.78, 5) is 0. The van der Waals surface area contributed by atoms with Crippen LogP contribution in [0.3, 0.4) is 0 Å². The third kappa shape index (κ3) is 8.07. The maximum atomic E-state index is 6.57. The average Bonchev–Trinajstić information content (AvgIpc) is 3.34. The van der Waals surface area contributed by atoms with Crippen molar-refractivity contribution in [2.24, 2.45) is 5.10 Å². The van der Waals surface area contributed by atoms with Crippen molar-refractivity contribution in [2.45, 2.75) is 32.9 Å². The lowest BCUT2D eigenvalue weighted by molar-refractivity contribution is 0.218. The van der Waals surface area contributed by atoms with Gasteiger partial charge in [-0.3, -0.25) is 9.05 Å². The lowest BCUT2D eigenvalue weighted by Crippen LogP contribution is -2.04. The first-order chi connectivity index (χ1) is 20.3. The SMILES string of the molecule is CCOP(=S)(OCC)Oc1ccc2ccccc2c1/C=N/n1c(SP(=S)(OCC)OCC)nnc1-c1ccccc1Cl. The zero-order valence-electron chi connectivity index (χ0n) is 23.5. The van der Waals surface area contributed by atoms with Crippen LogP contribution in [0.15, 0.2) is 70.9 Å². The molecule has 0 atom stereocenters. The Labute approximate surface area is 265 Å². The molecule has 0 radical (unpaired) electrons. The largest absolute Gasteiger partial charge is 0.423 e. The summed E-state index contributed by atoms with van der Waals surface area (Å²) in [5, 5.41) is 16.5. The van der Waals surface area contributed by atoms with Crippen LogP contribution < -0.4 is 4.52 Å². The molecule has 224 valence electrons. The molecule has 15 heteroatoms. The second-order valence-electron chi connectivity index (χ2n) is 8.29. The Bertz CT molecular complexity index is 1640. The monoisotopic (exact) mass is 684 g/mol. The predicted octanol–water partition coefficient (Wildman–Crippen LogP) is 8.70. The third-order valence-electron chi connectivity index (χ3n) is 5.51. The minimum Gasteiger partial charge on any atom is -0.423 e. The molecule has 42 heavy (non-hydrogen) atoms. The van der Waals surface area contributed by atoms with E-state index in [1.807, 2.05) is 82.3 Å². The minimum absolute atomic E-state index is 0.350. The van der Waals surface area contributed by atoms with Gasteiger partial charge < -0.3 is 13.6 Å². The average molecular weight is 685 g/mol. The Morgan fingerprint density at radius 3 is 2.17 bits per heavy atom.